The van der Waals surface area contributed by atoms with Crippen LogP contribution in [0.1, 0.15) is 23.2 Å². The van der Waals surface area contributed by atoms with Crippen LogP contribution in [0.5, 0.6) is 0 Å². The minimum Gasteiger partial charge on any atom is -0.376 e. The molecule has 1 aromatic heterocycles. The molecule has 1 aliphatic heterocycles. The van der Waals surface area contributed by atoms with E-state index < -0.39 is 17.5 Å². The molecule has 25 heavy (non-hydrogen) atoms. The first-order chi connectivity index (χ1) is 12.0. The number of nitrogens with zero attached hydrogens (tertiary/aromatic N) is 1. The van der Waals surface area contributed by atoms with Gasteiger partial charge in [0.2, 0.25) is 0 Å². The predicted molar refractivity (Wildman–Crippen MR) is 85.1 cm³/mol. The fourth-order valence-electron chi connectivity index (χ4n) is 2.52. The first-order valence-corrected chi connectivity index (χ1v) is 7.80. The molecule has 1 atom stereocenters. The van der Waals surface area contributed by atoms with Crippen molar-refractivity contribution in [3.8, 4) is 0 Å². The third-order valence-electron chi connectivity index (χ3n) is 3.83. The minimum atomic E-state index is -1.57. The zero-order valence-corrected chi connectivity index (χ0v) is 13.2. The van der Waals surface area contributed by atoms with E-state index >= 15 is 0 Å². The molecule has 3 rings (SSSR count). The van der Waals surface area contributed by atoms with Crippen molar-refractivity contribution >= 4 is 17.3 Å². The van der Waals surface area contributed by atoms with E-state index in [-0.39, 0.29) is 28.9 Å². The summed E-state index contributed by atoms with van der Waals surface area (Å²) in [6.07, 6.45) is 4.58. The molecule has 0 saturated carbocycles. The molecule has 0 spiro atoms. The highest BCUT2D eigenvalue weighted by Crippen LogP contribution is 2.23. The van der Waals surface area contributed by atoms with E-state index in [1.165, 1.54) is 18.5 Å². The molecule has 5 nitrogen and oxygen atoms in total. The van der Waals surface area contributed by atoms with Crippen molar-refractivity contribution < 1.29 is 22.7 Å². The molecule has 1 aromatic carbocycles. The molecule has 1 aliphatic rings. The Hall–Kier alpha value is -2.61. The van der Waals surface area contributed by atoms with Crippen molar-refractivity contribution in [3.63, 3.8) is 0 Å². The molecule has 1 amide bonds. The molecule has 2 N–H and O–H groups in total. The molecule has 1 saturated heterocycles. The molecule has 0 radical (unpaired) electrons. The van der Waals surface area contributed by atoms with E-state index in [2.05, 4.69) is 15.6 Å². The highest BCUT2D eigenvalue weighted by Gasteiger charge is 2.17. The van der Waals surface area contributed by atoms with Crippen molar-refractivity contribution in [2.75, 3.05) is 18.5 Å². The van der Waals surface area contributed by atoms with Gasteiger partial charge < -0.3 is 15.4 Å². The molecular formula is C17H16F3N3O2. The number of halogens is 3. The van der Waals surface area contributed by atoms with Gasteiger partial charge in [0, 0.05) is 19.3 Å². The third-order valence-corrected chi connectivity index (χ3v) is 3.83. The van der Waals surface area contributed by atoms with Crippen molar-refractivity contribution in [1.82, 2.24) is 10.3 Å². The lowest BCUT2D eigenvalue weighted by Crippen LogP contribution is -2.31. The van der Waals surface area contributed by atoms with Crippen LogP contribution in [0.3, 0.4) is 0 Å². The Balaban J connectivity index is 1.68. The van der Waals surface area contributed by atoms with Crippen LogP contribution in [-0.4, -0.2) is 30.1 Å². The van der Waals surface area contributed by atoms with Gasteiger partial charge in [0.1, 0.15) is 0 Å². The number of carbonyl (C=O) groups is 1. The number of pyridine rings is 1. The summed E-state index contributed by atoms with van der Waals surface area (Å²) in [6.45, 7) is 1.09. The zero-order chi connectivity index (χ0) is 17.8. The number of rotatable bonds is 5. The highest BCUT2D eigenvalue weighted by molar-refractivity contribution is 5.94. The van der Waals surface area contributed by atoms with E-state index in [0.717, 1.165) is 25.0 Å². The van der Waals surface area contributed by atoms with Crippen LogP contribution >= 0.6 is 0 Å². The maximum absolute atomic E-state index is 13.7. The second-order valence-electron chi connectivity index (χ2n) is 5.66. The van der Waals surface area contributed by atoms with Gasteiger partial charge in [-0.25, -0.2) is 13.2 Å². The van der Waals surface area contributed by atoms with Gasteiger partial charge in [-0.05, 0) is 31.0 Å². The summed E-state index contributed by atoms with van der Waals surface area (Å²) < 4.78 is 45.4. The number of amides is 1. The van der Waals surface area contributed by atoms with Crippen LogP contribution in [-0.2, 0) is 4.74 Å². The van der Waals surface area contributed by atoms with E-state index in [1.807, 2.05) is 0 Å². The third kappa shape index (κ3) is 4.08. The number of ether oxygens (including phenoxy) is 1. The standard InChI is InChI=1S/C17H16F3N3O2/c18-13-3-4-14(16(20)15(13)19)23-11-6-10(7-21-8-11)17(24)22-9-12-2-1-5-25-12/h3-4,6-8,12,23H,1-2,5,9H2,(H,22,24). The molecule has 8 heteroatoms. The van der Waals surface area contributed by atoms with Crippen LogP contribution in [0.15, 0.2) is 30.6 Å². The average molecular weight is 351 g/mol. The number of hydrogen-bond acceptors (Lipinski definition) is 4. The normalized spacial score (nSPS) is 16.7. The maximum atomic E-state index is 13.7. The summed E-state index contributed by atoms with van der Waals surface area (Å²) in [7, 11) is 0. The van der Waals surface area contributed by atoms with Crippen molar-refractivity contribution in [1.29, 1.82) is 0 Å². The number of nitrogens with one attached hydrogen (secondary N) is 2. The molecule has 1 unspecified atom stereocenters. The topological polar surface area (TPSA) is 63.2 Å². The van der Waals surface area contributed by atoms with Gasteiger partial charge in [0.05, 0.1) is 29.2 Å². The summed E-state index contributed by atoms with van der Waals surface area (Å²) >= 11 is 0. The summed E-state index contributed by atoms with van der Waals surface area (Å²) in [6, 6.07) is 3.32. The molecule has 132 valence electrons. The van der Waals surface area contributed by atoms with Gasteiger partial charge in [-0.1, -0.05) is 0 Å². The lowest BCUT2D eigenvalue weighted by Gasteiger charge is -2.12. The summed E-state index contributed by atoms with van der Waals surface area (Å²) in [5.74, 6) is -4.53. The Morgan fingerprint density at radius 3 is 2.84 bits per heavy atom. The van der Waals surface area contributed by atoms with Gasteiger partial charge in [-0.3, -0.25) is 9.78 Å². The summed E-state index contributed by atoms with van der Waals surface area (Å²) in [5, 5.41) is 5.33. The fraction of sp³-hybridized carbons (Fsp3) is 0.294. The van der Waals surface area contributed by atoms with Gasteiger partial charge in [-0.2, -0.15) is 0 Å². The number of hydrogen-bond donors (Lipinski definition) is 2. The van der Waals surface area contributed by atoms with E-state index in [0.29, 0.717) is 13.2 Å². The lowest BCUT2D eigenvalue weighted by atomic mass is 10.2. The largest absolute Gasteiger partial charge is 0.376 e. The molecule has 2 heterocycles. The van der Waals surface area contributed by atoms with Crippen LogP contribution in [0.4, 0.5) is 24.5 Å². The van der Waals surface area contributed by atoms with E-state index in [4.69, 9.17) is 4.74 Å². The minimum absolute atomic E-state index is 0.00880. The van der Waals surface area contributed by atoms with Crippen LogP contribution in [0.2, 0.25) is 0 Å². The van der Waals surface area contributed by atoms with Crippen molar-refractivity contribution in [2.24, 2.45) is 0 Å². The predicted octanol–water partition coefficient (Wildman–Crippen LogP) is 3.15. The second-order valence-corrected chi connectivity index (χ2v) is 5.66. The average Bonchev–Trinajstić information content (AvgIpc) is 3.14. The van der Waals surface area contributed by atoms with Crippen molar-refractivity contribution in [3.05, 3.63) is 53.6 Å². The Bertz CT molecular complexity index is 780. The maximum Gasteiger partial charge on any atom is 0.253 e. The SMILES string of the molecule is O=C(NCC1CCCO1)c1cncc(Nc2ccc(F)c(F)c2F)c1. The van der Waals surface area contributed by atoms with Gasteiger partial charge >= 0.3 is 0 Å². The quantitative estimate of drug-likeness (QED) is 0.813. The lowest BCUT2D eigenvalue weighted by molar-refractivity contribution is 0.0857. The number of benzene rings is 1. The van der Waals surface area contributed by atoms with Crippen LogP contribution < -0.4 is 10.6 Å². The molecule has 0 bridgehead atoms. The second kappa shape index (κ2) is 7.52. The first kappa shape index (κ1) is 17.2. The van der Waals surface area contributed by atoms with Crippen LogP contribution in [0.25, 0.3) is 0 Å². The number of aromatic nitrogens is 1. The van der Waals surface area contributed by atoms with Gasteiger partial charge in [0.25, 0.3) is 5.91 Å². The van der Waals surface area contributed by atoms with E-state index in [9.17, 15) is 18.0 Å². The van der Waals surface area contributed by atoms with Crippen molar-refractivity contribution in [2.45, 2.75) is 18.9 Å². The van der Waals surface area contributed by atoms with Crippen LogP contribution in [0, 0.1) is 17.5 Å². The molecule has 0 aliphatic carbocycles. The number of anilines is 2. The highest BCUT2D eigenvalue weighted by atomic mass is 19.2. The molecular weight excluding hydrogens is 335 g/mol. The summed E-state index contributed by atoms with van der Waals surface area (Å²) in [5.41, 5.74) is 0.276. The Kier molecular flexibility index (Phi) is 5.18. The van der Waals surface area contributed by atoms with Gasteiger partial charge in [-0.15, -0.1) is 0 Å². The number of carbonyl (C=O) groups excluding carboxylic acids is 1. The Morgan fingerprint density at radius 2 is 2.08 bits per heavy atom. The zero-order valence-electron chi connectivity index (χ0n) is 13.2. The molecule has 2 aromatic rings. The smallest absolute Gasteiger partial charge is 0.253 e. The summed E-state index contributed by atoms with van der Waals surface area (Å²) in [4.78, 5) is 16.1. The molecule has 1 fully saturated rings. The fourth-order valence-corrected chi connectivity index (χ4v) is 2.52. The van der Waals surface area contributed by atoms with E-state index in [1.54, 1.807) is 0 Å². The monoisotopic (exact) mass is 351 g/mol. The first-order valence-electron chi connectivity index (χ1n) is 7.80. The Labute approximate surface area is 142 Å². The Morgan fingerprint density at radius 1 is 1.24 bits per heavy atom. The van der Waals surface area contributed by atoms with Gasteiger partial charge in [0.15, 0.2) is 17.5 Å².